The minimum atomic E-state index is 0.672. The van der Waals surface area contributed by atoms with E-state index in [0.29, 0.717) is 5.56 Å². The molecule has 0 amide bonds. The first kappa shape index (κ1) is 15.0. The Bertz CT molecular complexity index is 886. The van der Waals surface area contributed by atoms with Gasteiger partial charge in [0.1, 0.15) is 17.6 Å². The van der Waals surface area contributed by atoms with Gasteiger partial charge in [0.25, 0.3) is 0 Å². The van der Waals surface area contributed by atoms with Crippen molar-refractivity contribution in [3.05, 3.63) is 48.0 Å². The van der Waals surface area contributed by atoms with E-state index < -0.39 is 0 Å². The van der Waals surface area contributed by atoms with Crippen LogP contribution in [0.5, 0.6) is 11.5 Å². The lowest BCUT2D eigenvalue weighted by Crippen LogP contribution is -1.97. The van der Waals surface area contributed by atoms with Gasteiger partial charge in [0, 0.05) is 11.9 Å². The summed E-state index contributed by atoms with van der Waals surface area (Å²) in [6.45, 7) is 2.86. The van der Waals surface area contributed by atoms with Crippen molar-refractivity contribution in [3.63, 3.8) is 0 Å². The Morgan fingerprint density at radius 2 is 1.65 bits per heavy atom. The monoisotopic (exact) mass is 306 g/mol. The number of nitriles is 1. The molecule has 0 saturated carbocycles. The molecule has 3 aromatic rings. The second-order valence-electron chi connectivity index (χ2n) is 5.19. The van der Waals surface area contributed by atoms with Crippen LogP contribution in [0.4, 0.5) is 0 Å². The molecule has 0 saturated heterocycles. The molecule has 0 unspecified atom stereocenters. The van der Waals surface area contributed by atoms with Crippen LogP contribution in [-0.4, -0.2) is 18.8 Å². The summed E-state index contributed by atoms with van der Waals surface area (Å²) in [6.07, 6.45) is 0. The topological polar surface area (TPSA) is 47.2 Å². The van der Waals surface area contributed by atoms with E-state index in [2.05, 4.69) is 17.6 Å². The van der Waals surface area contributed by atoms with Crippen LogP contribution < -0.4 is 9.47 Å². The van der Waals surface area contributed by atoms with Crippen molar-refractivity contribution in [2.24, 2.45) is 0 Å². The van der Waals surface area contributed by atoms with Crippen LogP contribution in [0.25, 0.3) is 22.2 Å². The summed E-state index contributed by atoms with van der Waals surface area (Å²) < 4.78 is 12.7. The molecule has 3 rings (SSSR count). The molecule has 0 radical (unpaired) electrons. The molecule has 0 aliphatic rings. The van der Waals surface area contributed by atoms with Gasteiger partial charge in [-0.15, -0.1) is 0 Å². The van der Waals surface area contributed by atoms with Crippen LogP contribution in [0.2, 0.25) is 0 Å². The van der Waals surface area contributed by atoms with Gasteiger partial charge in [-0.3, -0.25) is 0 Å². The highest BCUT2D eigenvalue weighted by atomic mass is 16.5. The Morgan fingerprint density at radius 3 is 2.22 bits per heavy atom. The zero-order valence-electron chi connectivity index (χ0n) is 13.5. The molecule has 0 aliphatic heterocycles. The maximum absolute atomic E-state index is 9.72. The molecule has 4 heteroatoms. The summed E-state index contributed by atoms with van der Waals surface area (Å²) in [4.78, 5) is 0. The Labute approximate surface area is 135 Å². The van der Waals surface area contributed by atoms with Crippen LogP contribution in [0.3, 0.4) is 0 Å². The Morgan fingerprint density at radius 1 is 1.00 bits per heavy atom. The maximum atomic E-state index is 9.72. The second-order valence-corrected chi connectivity index (χ2v) is 5.19. The Hall–Kier alpha value is -2.93. The van der Waals surface area contributed by atoms with E-state index in [1.54, 1.807) is 14.2 Å². The first-order valence-corrected chi connectivity index (χ1v) is 7.48. The number of fused-ring (bicyclic) bond motifs is 1. The van der Waals surface area contributed by atoms with Gasteiger partial charge in [0.05, 0.1) is 31.0 Å². The van der Waals surface area contributed by atoms with E-state index >= 15 is 0 Å². The quantitative estimate of drug-likeness (QED) is 0.725. The largest absolute Gasteiger partial charge is 0.497 e. The summed E-state index contributed by atoms with van der Waals surface area (Å²) >= 11 is 0. The van der Waals surface area contributed by atoms with Crippen molar-refractivity contribution in [2.45, 2.75) is 13.5 Å². The standard InChI is InChI=1S/C19H18N2O2/c1-4-21-18-10-9-15(23-3)11-16(18)17(12-20)19(21)13-5-7-14(22-2)8-6-13/h5-11H,4H2,1-3H3. The van der Waals surface area contributed by atoms with Gasteiger partial charge in [0.2, 0.25) is 0 Å². The molecule has 0 spiro atoms. The molecule has 2 aromatic carbocycles. The van der Waals surface area contributed by atoms with E-state index in [0.717, 1.165) is 40.2 Å². The zero-order valence-corrected chi connectivity index (χ0v) is 13.5. The van der Waals surface area contributed by atoms with Crippen molar-refractivity contribution < 1.29 is 9.47 Å². The number of rotatable bonds is 4. The summed E-state index contributed by atoms with van der Waals surface area (Å²) in [6, 6.07) is 16.0. The summed E-state index contributed by atoms with van der Waals surface area (Å²) in [5.74, 6) is 1.55. The van der Waals surface area contributed by atoms with Gasteiger partial charge in [-0.25, -0.2) is 0 Å². The number of hydrogen-bond donors (Lipinski definition) is 0. The summed E-state index contributed by atoms with van der Waals surface area (Å²) in [5, 5.41) is 10.6. The molecule has 0 aliphatic carbocycles. The Kier molecular flexibility index (Phi) is 3.94. The highest BCUT2D eigenvalue weighted by Gasteiger charge is 2.18. The van der Waals surface area contributed by atoms with E-state index in [1.165, 1.54) is 0 Å². The van der Waals surface area contributed by atoms with Crippen molar-refractivity contribution in [3.8, 4) is 28.8 Å². The maximum Gasteiger partial charge on any atom is 0.119 e. The highest BCUT2D eigenvalue weighted by Crippen LogP contribution is 2.35. The minimum Gasteiger partial charge on any atom is -0.497 e. The highest BCUT2D eigenvalue weighted by molar-refractivity contribution is 5.95. The normalized spacial score (nSPS) is 10.5. The van der Waals surface area contributed by atoms with Crippen molar-refractivity contribution >= 4 is 10.9 Å². The lowest BCUT2D eigenvalue weighted by Gasteiger charge is -2.09. The van der Waals surface area contributed by atoms with Crippen LogP contribution >= 0.6 is 0 Å². The number of ether oxygens (including phenoxy) is 2. The van der Waals surface area contributed by atoms with E-state index in [4.69, 9.17) is 9.47 Å². The fourth-order valence-corrected chi connectivity index (χ4v) is 2.95. The lowest BCUT2D eigenvalue weighted by molar-refractivity contribution is 0.415. The van der Waals surface area contributed by atoms with Crippen LogP contribution in [-0.2, 0) is 6.54 Å². The summed E-state index contributed by atoms with van der Waals surface area (Å²) in [5.41, 5.74) is 3.64. The van der Waals surface area contributed by atoms with Crippen molar-refractivity contribution in [2.75, 3.05) is 14.2 Å². The summed E-state index contributed by atoms with van der Waals surface area (Å²) in [7, 11) is 3.28. The fraction of sp³-hybridized carbons (Fsp3) is 0.211. The third kappa shape index (κ3) is 2.40. The lowest BCUT2D eigenvalue weighted by atomic mass is 10.1. The first-order chi connectivity index (χ1) is 11.2. The van der Waals surface area contributed by atoms with Gasteiger partial charge < -0.3 is 14.0 Å². The first-order valence-electron chi connectivity index (χ1n) is 7.48. The molecule has 0 fully saturated rings. The molecular formula is C19H18N2O2. The van der Waals surface area contributed by atoms with Gasteiger partial charge in [0.15, 0.2) is 0 Å². The SMILES string of the molecule is CCn1c(-c2ccc(OC)cc2)c(C#N)c2cc(OC)ccc21. The smallest absolute Gasteiger partial charge is 0.119 e. The van der Waals surface area contributed by atoms with Gasteiger partial charge in [-0.1, -0.05) is 0 Å². The molecule has 0 atom stereocenters. The molecule has 116 valence electrons. The van der Waals surface area contributed by atoms with E-state index in [1.807, 2.05) is 42.5 Å². The van der Waals surface area contributed by atoms with Gasteiger partial charge in [-0.2, -0.15) is 5.26 Å². The van der Waals surface area contributed by atoms with Crippen molar-refractivity contribution in [1.82, 2.24) is 4.57 Å². The van der Waals surface area contributed by atoms with Crippen LogP contribution in [0.1, 0.15) is 12.5 Å². The number of benzene rings is 2. The molecule has 23 heavy (non-hydrogen) atoms. The van der Waals surface area contributed by atoms with Gasteiger partial charge >= 0.3 is 0 Å². The molecule has 1 aromatic heterocycles. The average Bonchev–Trinajstić information content (AvgIpc) is 2.94. The third-order valence-electron chi connectivity index (χ3n) is 4.06. The molecule has 0 N–H and O–H groups in total. The number of methoxy groups -OCH3 is 2. The number of aromatic nitrogens is 1. The van der Waals surface area contributed by atoms with Crippen LogP contribution in [0, 0.1) is 11.3 Å². The predicted octanol–water partition coefficient (Wildman–Crippen LogP) is 4.22. The van der Waals surface area contributed by atoms with Gasteiger partial charge in [-0.05, 0) is 55.0 Å². The second kappa shape index (κ2) is 6.05. The number of hydrogen-bond acceptors (Lipinski definition) is 3. The van der Waals surface area contributed by atoms with E-state index in [-0.39, 0.29) is 0 Å². The third-order valence-corrected chi connectivity index (χ3v) is 4.06. The number of aryl methyl sites for hydroxylation is 1. The molecular weight excluding hydrogens is 288 g/mol. The molecule has 0 bridgehead atoms. The number of nitrogens with zero attached hydrogens (tertiary/aromatic N) is 2. The van der Waals surface area contributed by atoms with Crippen LogP contribution in [0.15, 0.2) is 42.5 Å². The minimum absolute atomic E-state index is 0.672. The predicted molar refractivity (Wildman–Crippen MR) is 90.9 cm³/mol. The van der Waals surface area contributed by atoms with Crippen molar-refractivity contribution in [1.29, 1.82) is 5.26 Å². The van der Waals surface area contributed by atoms with E-state index in [9.17, 15) is 5.26 Å². The molecule has 4 nitrogen and oxygen atoms in total. The Balaban J connectivity index is 2.31. The average molecular weight is 306 g/mol. The fourth-order valence-electron chi connectivity index (χ4n) is 2.95. The molecule has 1 heterocycles. The zero-order chi connectivity index (χ0) is 16.4.